The van der Waals surface area contributed by atoms with Gasteiger partial charge in [0.2, 0.25) is 0 Å². The van der Waals surface area contributed by atoms with E-state index in [1.807, 2.05) is 29.8 Å². The molecule has 138 valence electrons. The number of nitrogens with zero attached hydrogens (tertiary/aromatic N) is 3. The Morgan fingerprint density at radius 3 is 2.61 bits per heavy atom. The van der Waals surface area contributed by atoms with Crippen LogP contribution in [0.2, 0.25) is 0 Å². The zero-order chi connectivity index (χ0) is 19.7. The molecule has 0 saturated carbocycles. The lowest BCUT2D eigenvalue weighted by atomic mass is 10.1. The first kappa shape index (κ1) is 17.8. The molecule has 1 heterocycles. The summed E-state index contributed by atoms with van der Waals surface area (Å²) in [7, 11) is 1.89. The smallest absolute Gasteiger partial charge is 0.272 e. The molecule has 0 unspecified atom stereocenters. The number of nitro benzene ring substituents is 1. The quantitative estimate of drug-likeness (QED) is 0.295. The third kappa shape index (κ3) is 3.35. The highest BCUT2D eigenvalue weighted by Crippen LogP contribution is 2.27. The van der Waals surface area contributed by atoms with Crippen LogP contribution in [-0.4, -0.2) is 15.4 Å². The largest absolute Gasteiger partial charge is 0.319 e. The average Bonchev–Trinajstić information content (AvgIpc) is 3.02. The maximum Gasteiger partial charge on any atom is 0.272 e. The van der Waals surface area contributed by atoms with Crippen LogP contribution in [0.4, 0.5) is 5.69 Å². The standard InChI is InChI=1S/C21H15N3O3S/c1-23-18-12-9-15-4-2-3-5-17(15)20(18)28-21(23)22-19(25)13-8-14-6-10-16(11-7-14)24(26)27/h2-13H,1H3. The van der Waals surface area contributed by atoms with Gasteiger partial charge < -0.3 is 4.57 Å². The lowest BCUT2D eigenvalue weighted by molar-refractivity contribution is -0.384. The molecule has 0 aliphatic heterocycles. The maximum atomic E-state index is 12.3. The molecule has 0 atom stereocenters. The molecular formula is C21H15N3O3S. The third-order valence-corrected chi connectivity index (χ3v) is 5.61. The molecule has 0 aliphatic carbocycles. The van der Waals surface area contributed by atoms with Crippen LogP contribution in [0, 0.1) is 10.1 Å². The number of aromatic nitrogens is 1. The molecule has 4 rings (SSSR count). The predicted octanol–water partition coefficient (Wildman–Crippen LogP) is 4.44. The Bertz CT molecular complexity index is 1310. The van der Waals surface area contributed by atoms with Gasteiger partial charge in [0.05, 0.1) is 15.1 Å². The highest BCUT2D eigenvalue weighted by molar-refractivity contribution is 7.17. The Balaban J connectivity index is 1.67. The highest BCUT2D eigenvalue weighted by Gasteiger charge is 2.07. The van der Waals surface area contributed by atoms with Crippen molar-refractivity contribution < 1.29 is 9.72 Å². The summed E-state index contributed by atoms with van der Waals surface area (Å²) < 4.78 is 3.00. The second-order valence-corrected chi connectivity index (χ2v) is 7.19. The van der Waals surface area contributed by atoms with Crippen molar-refractivity contribution in [3.63, 3.8) is 0 Å². The van der Waals surface area contributed by atoms with Crippen molar-refractivity contribution in [3.05, 3.63) is 87.2 Å². The Labute approximate surface area is 163 Å². The zero-order valence-electron chi connectivity index (χ0n) is 14.9. The van der Waals surface area contributed by atoms with Gasteiger partial charge in [0, 0.05) is 30.6 Å². The number of hydrogen-bond acceptors (Lipinski definition) is 4. The first-order valence-electron chi connectivity index (χ1n) is 8.51. The van der Waals surface area contributed by atoms with E-state index in [0.29, 0.717) is 10.4 Å². The van der Waals surface area contributed by atoms with Crippen LogP contribution in [0.1, 0.15) is 5.56 Å². The Hall–Kier alpha value is -3.58. The SMILES string of the molecule is Cn1c(=NC(=O)C=Cc2ccc([N+](=O)[O-])cc2)sc2c3ccccc3ccc21. The molecule has 0 radical (unpaired) electrons. The number of nitro groups is 1. The first-order valence-corrected chi connectivity index (χ1v) is 9.33. The van der Waals surface area contributed by atoms with Crippen molar-refractivity contribution in [2.45, 2.75) is 0 Å². The molecule has 28 heavy (non-hydrogen) atoms. The molecule has 0 spiro atoms. The predicted molar refractivity (Wildman–Crippen MR) is 111 cm³/mol. The average molecular weight is 389 g/mol. The minimum absolute atomic E-state index is 0.0118. The number of fused-ring (bicyclic) bond motifs is 3. The molecule has 0 aliphatic rings. The van der Waals surface area contributed by atoms with Crippen molar-refractivity contribution in [2.24, 2.45) is 12.0 Å². The van der Waals surface area contributed by atoms with E-state index in [0.717, 1.165) is 21.0 Å². The highest BCUT2D eigenvalue weighted by atomic mass is 32.1. The van der Waals surface area contributed by atoms with E-state index in [9.17, 15) is 14.9 Å². The Morgan fingerprint density at radius 1 is 1.11 bits per heavy atom. The number of aryl methyl sites for hydroxylation is 1. The summed E-state index contributed by atoms with van der Waals surface area (Å²) in [6, 6.07) is 18.2. The second kappa shape index (κ2) is 7.21. The molecule has 0 fully saturated rings. The fraction of sp³-hybridized carbons (Fsp3) is 0.0476. The summed E-state index contributed by atoms with van der Waals surface area (Å²) in [6.45, 7) is 0. The summed E-state index contributed by atoms with van der Waals surface area (Å²) in [6.07, 6.45) is 2.96. The second-order valence-electron chi connectivity index (χ2n) is 6.21. The molecule has 3 aromatic carbocycles. The van der Waals surface area contributed by atoms with Crippen LogP contribution in [0.5, 0.6) is 0 Å². The van der Waals surface area contributed by atoms with E-state index in [4.69, 9.17) is 0 Å². The van der Waals surface area contributed by atoms with Gasteiger partial charge in [-0.2, -0.15) is 4.99 Å². The molecule has 1 amide bonds. The molecule has 7 heteroatoms. The number of carbonyl (C=O) groups excluding carboxylic acids is 1. The van der Waals surface area contributed by atoms with Gasteiger partial charge in [-0.25, -0.2) is 0 Å². The van der Waals surface area contributed by atoms with Crippen molar-refractivity contribution in [1.29, 1.82) is 0 Å². The Morgan fingerprint density at radius 2 is 1.86 bits per heavy atom. The minimum Gasteiger partial charge on any atom is -0.319 e. The van der Waals surface area contributed by atoms with E-state index in [1.54, 1.807) is 18.2 Å². The van der Waals surface area contributed by atoms with Crippen molar-refractivity contribution in [2.75, 3.05) is 0 Å². The van der Waals surface area contributed by atoms with Gasteiger partial charge in [-0.05, 0) is 35.2 Å². The van der Waals surface area contributed by atoms with Crippen molar-refractivity contribution in [3.8, 4) is 0 Å². The number of benzene rings is 3. The van der Waals surface area contributed by atoms with Gasteiger partial charge >= 0.3 is 0 Å². The molecule has 0 bridgehead atoms. The van der Waals surface area contributed by atoms with E-state index < -0.39 is 4.92 Å². The summed E-state index contributed by atoms with van der Waals surface area (Å²) in [5.74, 6) is -0.384. The number of thiazole rings is 1. The number of rotatable bonds is 3. The summed E-state index contributed by atoms with van der Waals surface area (Å²) in [5.41, 5.74) is 1.73. The normalized spacial score (nSPS) is 12.2. The van der Waals surface area contributed by atoms with Gasteiger partial charge in [-0.15, -0.1) is 0 Å². The molecule has 0 saturated heterocycles. The summed E-state index contributed by atoms with van der Waals surface area (Å²) >= 11 is 1.48. The molecule has 6 nitrogen and oxygen atoms in total. The monoisotopic (exact) mass is 389 g/mol. The number of hydrogen-bond donors (Lipinski definition) is 0. The molecule has 1 aromatic heterocycles. The van der Waals surface area contributed by atoms with E-state index in [-0.39, 0.29) is 11.6 Å². The summed E-state index contributed by atoms with van der Waals surface area (Å²) in [4.78, 5) is 27.3. The van der Waals surface area contributed by atoms with E-state index in [2.05, 4.69) is 23.2 Å². The van der Waals surface area contributed by atoms with Gasteiger partial charge in [-0.1, -0.05) is 41.7 Å². The topological polar surface area (TPSA) is 77.5 Å². The van der Waals surface area contributed by atoms with Gasteiger partial charge in [-0.3, -0.25) is 14.9 Å². The van der Waals surface area contributed by atoms with Gasteiger partial charge in [0.25, 0.3) is 11.6 Å². The van der Waals surface area contributed by atoms with Crippen LogP contribution in [0.25, 0.3) is 27.1 Å². The number of carbonyl (C=O) groups is 1. The van der Waals surface area contributed by atoms with Crippen LogP contribution < -0.4 is 4.80 Å². The molecule has 4 aromatic rings. The van der Waals surface area contributed by atoms with Crippen LogP contribution in [-0.2, 0) is 11.8 Å². The number of non-ortho nitro benzene ring substituents is 1. The zero-order valence-corrected chi connectivity index (χ0v) is 15.7. The lowest BCUT2D eigenvalue weighted by Gasteiger charge is -1.99. The van der Waals surface area contributed by atoms with Gasteiger partial charge in [0.15, 0.2) is 4.80 Å². The number of amides is 1. The van der Waals surface area contributed by atoms with Crippen molar-refractivity contribution >= 4 is 50.0 Å². The lowest BCUT2D eigenvalue weighted by Crippen LogP contribution is -2.12. The fourth-order valence-corrected chi connectivity index (χ4v) is 4.13. The maximum absolute atomic E-state index is 12.3. The molecule has 0 N–H and O–H groups in total. The minimum atomic E-state index is -0.459. The van der Waals surface area contributed by atoms with E-state index in [1.165, 1.54) is 29.5 Å². The van der Waals surface area contributed by atoms with Crippen LogP contribution >= 0.6 is 11.3 Å². The fourth-order valence-electron chi connectivity index (χ4n) is 2.97. The van der Waals surface area contributed by atoms with Gasteiger partial charge in [0.1, 0.15) is 0 Å². The third-order valence-electron chi connectivity index (χ3n) is 4.43. The summed E-state index contributed by atoms with van der Waals surface area (Å²) in [5, 5.41) is 13.0. The molecular weight excluding hydrogens is 374 g/mol. The van der Waals surface area contributed by atoms with E-state index >= 15 is 0 Å². The Kier molecular flexibility index (Phi) is 4.58. The van der Waals surface area contributed by atoms with Crippen molar-refractivity contribution in [1.82, 2.24) is 4.57 Å². The first-order chi connectivity index (χ1) is 13.5. The van der Waals surface area contributed by atoms with Crippen LogP contribution in [0.3, 0.4) is 0 Å². The van der Waals surface area contributed by atoms with Crippen LogP contribution in [0.15, 0.2) is 71.7 Å².